The van der Waals surface area contributed by atoms with Crippen LogP contribution in [0.15, 0.2) is 78.9 Å². The lowest BCUT2D eigenvalue weighted by Gasteiger charge is -2.20. The van der Waals surface area contributed by atoms with Crippen molar-refractivity contribution in [2.24, 2.45) is 5.92 Å². The van der Waals surface area contributed by atoms with Crippen molar-refractivity contribution in [1.29, 1.82) is 0 Å². The summed E-state index contributed by atoms with van der Waals surface area (Å²) in [7, 11) is 0. The molecule has 1 aliphatic heterocycles. The van der Waals surface area contributed by atoms with Crippen LogP contribution < -0.4 is 15.0 Å². The molecule has 1 N–H and O–H groups in total. The summed E-state index contributed by atoms with van der Waals surface area (Å²) in [5.74, 6) is 0.0154. The fraction of sp³-hybridized carbons (Fsp3) is 0.200. The number of nitrogens with one attached hydrogen (secondary N) is 1. The maximum Gasteiger partial charge on any atom is 0.229 e. The van der Waals surface area contributed by atoms with Crippen LogP contribution in [-0.2, 0) is 9.59 Å². The Morgan fingerprint density at radius 3 is 2.50 bits per heavy atom. The Bertz CT molecular complexity index is 1050. The van der Waals surface area contributed by atoms with Gasteiger partial charge in [0.05, 0.1) is 18.2 Å². The predicted octanol–water partition coefficient (Wildman–Crippen LogP) is 4.74. The number of anilines is 2. The van der Waals surface area contributed by atoms with Gasteiger partial charge in [-0.15, -0.1) is 0 Å². The molecule has 0 aromatic heterocycles. The number of nitrogens with zero attached hydrogens (tertiary/aromatic N) is 1. The monoisotopic (exact) mass is 400 g/mol. The van der Waals surface area contributed by atoms with Gasteiger partial charge in [0, 0.05) is 24.2 Å². The topological polar surface area (TPSA) is 58.6 Å². The molecule has 0 spiro atoms. The lowest BCUT2D eigenvalue weighted by molar-refractivity contribution is -0.122. The quantitative estimate of drug-likeness (QED) is 0.650. The van der Waals surface area contributed by atoms with Crippen molar-refractivity contribution >= 4 is 23.2 Å². The highest BCUT2D eigenvalue weighted by Crippen LogP contribution is 2.34. The van der Waals surface area contributed by atoms with Crippen molar-refractivity contribution in [1.82, 2.24) is 0 Å². The van der Waals surface area contributed by atoms with Crippen LogP contribution >= 0.6 is 0 Å². The average Bonchev–Trinajstić information content (AvgIpc) is 3.17. The van der Waals surface area contributed by atoms with E-state index in [0.29, 0.717) is 24.6 Å². The number of benzene rings is 3. The summed E-state index contributed by atoms with van der Waals surface area (Å²) in [6, 6.07) is 25.1. The first-order valence-corrected chi connectivity index (χ1v) is 10.1. The van der Waals surface area contributed by atoms with Gasteiger partial charge in [-0.1, -0.05) is 60.7 Å². The maximum atomic E-state index is 13.0. The molecule has 0 bridgehead atoms. The third-order valence-electron chi connectivity index (χ3n) is 5.22. The Hall–Kier alpha value is -3.60. The van der Waals surface area contributed by atoms with Crippen molar-refractivity contribution < 1.29 is 14.3 Å². The van der Waals surface area contributed by atoms with Gasteiger partial charge < -0.3 is 15.0 Å². The third-order valence-corrected chi connectivity index (χ3v) is 5.22. The molecule has 0 saturated carbocycles. The van der Waals surface area contributed by atoms with Crippen LogP contribution in [-0.4, -0.2) is 25.0 Å². The average molecular weight is 400 g/mol. The molecular weight excluding hydrogens is 376 g/mol. The van der Waals surface area contributed by atoms with E-state index >= 15 is 0 Å². The second-order valence-corrected chi connectivity index (χ2v) is 7.21. The number of rotatable bonds is 6. The summed E-state index contributed by atoms with van der Waals surface area (Å²) < 4.78 is 5.66. The Morgan fingerprint density at radius 2 is 1.70 bits per heavy atom. The van der Waals surface area contributed by atoms with E-state index in [-0.39, 0.29) is 18.2 Å². The first-order chi connectivity index (χ1) is 14.7. The van der Waals surface area contributed by atoms with E-state index < -0.39 is 5.92 Å². The molecule has 1 unspecified atom stereocenters. The highest BCUT2D eigenvalue weighted by Gasteiger charge is 2.36. The van der Waals surface area contributed by atoms with Gasteiger partial charge in [-0.05, 0) is 30.7 Å². The van der Waals surface area contributed by atoms with Crippen LogP contribution in [0.25, 0.3) is 11.1 Å². The van der Waals surface area contributed by atoms with Crippen LogP contribution in [0, 0.1) is 5.92 Å². The zero-order valence-electron chi connectivity index (χ0n) is 16.9. The Labute approximate surface area is 176 Å². The van der Waals surface area contributed by atoms with Gasteiger partial charge in [-0.2, -0.15) is 0 Å². The fourth-order valence-corrected chi connectivity index (χ4v) is 3.77. The summed E-state index contributed by atoms with van der Waals surface area (Å²) in [6.45, 7) is 2.75. The highest BCUT2D eigenvalue weighted by atomic mass is 16.5. The standard InChI is InChI=1S/C25H24N2O3/c1-2-30-23-15-9-8-14-22(23)27-17-19(16-24(27)28)25(29)26-21-13-7-6-12-20(21)18-10-4-3-5-11-18/h3-15,19H,2,16-17H2,1H3,(H,26,29). The summed E-state index contributed by atoms with van der Waals surface area (Å²) in [4.78, 5) is 27.3. The molecule has 3 aromatic carbocycles. The van der Waals surface area contributed by atoms with Gasteiger partial charge >= 0.3 is 0 Å². The molecule has 5 heteroatoms. The molecule has 1 fully saturated rings. The van der Waals surface area contributed by atoms with Crippen molar-refractivity contribution in [3.63, 3.8) is 0 Å². The van der Waals surface area contributed by atoms with Crippen molar-refractivity contribution in [3.05, 3.63) is 78.9 Å². The molecule has 0 aliphatic carbocycles. The van der Waals surface area contributed by atoms with Crippen LogP contribution in [0.4, 0.5) is 11.4 Å². The van der Waals surface area contributed by atoms with Crippen LogP contribution in [0.5, 0.6) is 5.75 Å². The van der Waals surface area contributed by atoms with Gasteiger partial charge in [-0.3, -0.25) is 9.59 Å². The van der Waals surface area contributed by atoms with Gasteiger partial charge in [0.15, 0.2) is 0 Å². The van der Waals surface area contributed by atoms with Crippen molar-refractivity contribution in [2.45, 2.75) is 13.3 Å². The van der Waals surface area contributed by atoms with Gasteiger partial charge in [-0.25, -0.2) is 0 Å². The molecule has 5 nitrogen and oxygen atoms in total. The number of carbonyl (C=O) groups is 2. The molecule has 1 atom stereocenters. The zero-order chi connectivity index (χ0) is 20.9. The minimum atomic E-state index is -0.420. The number of carbonyl (C=O) groups excluding carboxylic acids is 2. The molecule has 0 radical (unpaired) electrons. The van der Waals surface area contributed by atoms with E-state index in [1.165, 1.54) is 0 Å². The number of amides is 2. The lowest BCUT2D eigenvalue weighted by atomic mass is 10.0. The summed E-state index contributed by atoms with van der Waals surface area (Å²) >= 11 is 0. The Balaban J connectivity index is 1.52. The van der Waals surface area contributed by atoms with Crippen molar-refractivity contribution in [2.75, 3.05) is 23.4 Å². The van der Waals surface area contributed by atoms with E-state index in [9.17, 15) is 9.59 Å². The SMILES string of the molecule is CCOc1ccccc1N1CC(C(=O)Nc2ccccc2-c2ccccc2)CC1=O. The molecule has 30 heavy (non-hydrogen) atoms. The molecule has 2 amide bonds. The lowest BCUT2D eigenvalue weighted by Crippen LogP contribution is -2.28. The van der Waals surface area contributed by atoms with E-state index in [1.54, 1.807) is 4.90 Å². The molecule has 1 aliphatic rings. The van der Waals surface area contributed by atoms with Crippen LogP contribution in [0.2, 0.25) is 0 Å². The molecule has 1 saturated heterocycles. The Kier molecular flexibility index (Phi) is 5.80. The maximum absolute atomic E-state index is 13.0. The summed E-state index contributed by atoms with van der Waals surface area (Å²) in [6.07, 6.45) is 0.180. The molecule has 3 aromatic rings. The second-order valence-electron chi connectivity index (χ2n) is 7.21. The van der Waals surface area contributed by atoms with Gasteiger partial charge in [0.25, 0.3) is 0 Å². The smallest absolute Gasteiger partial charge is 0.229 e. The first kappa shape index (κ1) is 19.7. The van der Waals surface area contributed by atoms with Crippen LogP contribution in [0.3, 0.4) is 0 Å². The Morgan fingerprint density at radius 1 is 1.00 bits per heavy atom. The summed E-state index contributed by atoms with van der Waals surface area (Å²) in [5, 5.41) is 3.03. The minimum absolute atomic E-state index is 0.0707. The normalized spacial score (nSPS) is 15.8. The second kappa shape index (κ2) is 8.82. The number of hydrogen-bond acceptors (Lipinski definition) is 3. The van der Waals surface area contributed by atoms with E-state index in [0.717, 1.165) is 16.8 Å². The third kappa shape index (κ3) is 4.06. The highest BCUT2D eigenvalue weighted by molar-refractivity contribution is 6.05. The summed E-state index contributed by atoms with van der Waals surface area (Å²) in [5.41, 5.74) is 3.44. The van der Waals surface area contributed by atoms with E-state index in [1.807, 2.05) is 85.8 Å². The largest absolute Gasteiger partial charge is 0.492 e. The minimum Gasteiger partial charge on any atom is -0.492 e. The van der Waals surface area contributed by atoms with Crippen LogP contribution in [0.1, 0.15) is 13.3 Å². The van der Waals surface area contributed by atoms with Gasteiger partial charge in [0.2, 0.25) is 11.8 Å². The first-order valence-electron chi connectivity index (χ1n) is 10.1. The number of ether oxygens (including phenoxy) is 1. The molecule has 1 heterocycles. The number of hydrogen-bond donors (Lipinski definition) is 1. The van der Waals surface area contributed by atoms with Gasteiger partial charge in [0.1, 0.15) is 5.75 Å². The molecule has 152 valence electrons. The molecular formula is C25H24N2O3. The predicted molar refractivity (Wildman–Crippen MR) is 119 cm³/mol. The number of para-hydroxylation sites is 3. The van der Waals surface area contributed by atoms with Crippen molar-refractivity contribution in [3.8, 4) is 16.9 Å². The van der Waals surface area contributed by atoms with E-state index in [4.69, 9.17) is 4.74 Å². The zero-order valence-corrected chi connectivity index (χ0v) is 16.9. The van der Waals surface area contributed by atoms with E-state index in [2.05, 4.69) is 5.32 Å². The fourth-order valence-electron chi connectivity index (χ4n) is 3.77. The molecule has 4 rings (SSSR count).